The number of amides is 1. The van der Waals surface area contributed by atoms with E-state index >= 15 is 0 Å². The van der Waals surface area contributed by atoms with Crippen LogP contribution in [0.15, 0.2) is 5.38 Å². The Labute approximate surface area is 112 Å². The van der Waals surface area contributed by atoms with Gasteiger partial charge in [-0.1, -0.05) is 0 Å². The number of carbonyl (C=O) groups is 1. The lowest BCUT2D eigenvalue weighted by atomic mass is 10.1. The second kappa shape index (κ2) is 5.09. The smallest absolute Gasteiger partial charge is 0.340 e. The van der Waals surface area contributed by atoms with E-state index in [1.54, 1.807) is 11.8 Å². The number of aromatic nitrogens is 1. The van der Waals surface area contributed by atoms with Crippen LogP contribution < -0.4 is 5.32 Å². The normalized spacial score (nSPS) is 18.3. The minimum Gasteiger partial charge on any atom is -0.340 e. The van der Waals surface area contributed by atoms with E-state index in [4.69, 9.17) is 0 Å². The number of nitrogens with one attached hydrogen (secondary N) is 1. The zero-order valence-corrected chi connectivity index (χ0v) is 11.3. The Hall–Kier alpha value is -1.15. The highest BCUT2D eigenvalue weighted by molar-refractivity contribution is 7.09. The highest BCUT2D eigenvalue weighted by Crippen LogP contribution is 2.31. The summed E-state index contributed by atoms with van der Waals surface area (Å²) >= 11 is 0.994. The number of hydrogen-bond acceptors (Lipinski definition) is 4. The lowest BCUT2D eigenvalue weighted by Gasteiger charge is -2.40. The Bertz CT molecular complexity index is 468. The van der Waals surface area contributed by atoms with Crippen LogP contribution in [0.1, 0.15) is 30.6 Å². The highest BCUT2D eigenvalue weighted by Gasteiger charge is 2.35. The van der Waals surface area contributed by atoms with Crippen molar-refractivity contribution in [1.82, 2.24) is 15.2 Å². The molecule has 1 aliphatic rings. The van der Waals surface area contributed by atoms with Crippen LogP contribution in [0.25, 0.3) is 0 Å². The van der Waals surface area contributed by atoms with Crippen molar-refractivity contribution in [3.05, 3.63) is 16.1 Å². The van der Waals surface area contributed by atoms with E-state index in [0.717, 1.165) is 16.7 Å². The number of rotatable bonds is 3. The van der Waals surface area contributed by atoms with Crippen LogP contribution >= 0.6 is 11.3 Å². The van der Waals surface area contributed by atoms with E-state index in [1.165, 1.54) is 6.92 Å². The van der Waals surface area contributed by atoms with E-state index in [-0.39, 0.29) is 18.0 Å². The van der Waals surface area contributed by atoms with Gasteiger partial charge in [-0.25, -0.2) is 4.98 Å². The Balaban J connectivity index is 1.89. The number of hydrogen-bond donors (Lipinski definition) is 1. The molecule has 1 N–H and O–H groups in total. The summed E-state index contributed by atoms with van der Waals surface area (Å²) in [6, 6.07) is -0.127. The summed E-state index contributed by atoms with van der Waals surface area (Å²) in [5.41, 5.74) is -0.847. The average Bonchev–Trinajstić information content (AvgIpc) is 2.70. The predicted octanol–water partition coefficient (Wildman–Crippen LogP) is 2.04. The molecule has 0 saturated carbocycles. The van der Waals surface area contributed by atoms with Crippen molar-refractivity contribution >= 4 is 17.2 Å². The first-order valence-electron chi connectivity index (χ1n) is 5.81. The summed E-state index contributed by atoms with van der Waals surface area (Å²) in [5, 5.41) is 4.60. The van der Waals surface area contributed by atoms with E-state index in [2.05, 4.69) is 10.3 Å². The summed E-state index contributed by atoms with van der Waals surface area (Å²) in [6.07, 6.45) is -4.39. The van der Waals surface area contributed by atoms with E-state index in [1.807, 2.05) is 0 Å². The molecule has 106 valence electrons. The molecule has 0 aromatic carbocycles. The summed E-state index contributed by atoms with van der Waals surface area (Å²) in [4.78, 5) is 16.3. The number of likely N-dealkylation sites (tertiary alicyclic amines) is 1. The van der Waals surface area contributed by atoms with Crippen LogP contribution in [0.5, 0.6) is 0 Å². The summed E-state index contributed by atoms with van der Waals surface area (Å²) in [6.45, 7) is 4.46. The van der Waals surface area contributed by atoms with Crippen LogP contribution in [0.2, 0.25) is 0 Å². The van der Waals surface area contributed by atoms with Gasteiger partial charge in [-0.15, -0.1) is 11.3 Å². The summed E-state index contributed by atoms with van der Waals surface area (Å²) < 4.78 is 37.3. The number of alkyl halides is 3. The zero-order chi connectivity index (χ0) is 14.2. The standard InChI is InChI=1S/C11H14F3N3OS/c1-6(15-8-3-17(4-8)7(2)18)10-16-9(5-19-10)11(12,13)14/h5-6,8,15H,3-4H2,1-2H3. The molecular formula is C11H14F3N3OS. The Kier molecular flexibility index (Phi) is 3.82. The maximum Gasteiger partial charge on any atom is 0.434 e. The van der Waals surface area contributed by atoms with Gasteiger partial charge in [-0.2, -0.15) is 13.2 Å². The topological polar surface area (TPSA) is 45.2 Å². The molecule has 1 atom stereocenters. The maximum atomic E-state index is 12.4. The molecule has 2 heterocycles. The number of nitrogens with zero attached hydrogens (tertiary/aromatic N) is 2. The molecule has 1 amide bonds. The van der Waals surface area contributed by atoms with Gasteiger partial charge in [0.25, 0.3) is 0 Å². The van der Waals surface area contributed by atoms with E-state index in [9.17, 15) is 18.0 Å². The van der Waals surface area contributed by atoms with Crippen molar-refractivity contribution in [3.8, 4) is 0 Å². The molecule has 4 nitrogen and oxygen atoms in total. The van der Waals surface area contributed by atoms with Crippen LogP contribution in [0.3, 0.4) is 0 Å². The van der Waals surface area contributed by atoms with Gasteiger partial charge in [0.05, 0.1) is 6.04 Å². The van der Waals surface area contributed by atoms with Crippen molar-refractivity contribution in [2.45, 2.75) is 32.1 Å². The molecule has 1 saturated heterocycles. The van der Waals surface area contributed by atoms with Gasteiger partial charge >= 0.3 is 6.18 Å². The minimum atomic E-state index is -4.39. The fourth-order valence-electron chi connectivity index (χ4n) is 1.88. The Morgan fingerprint density at radius 2 is 2.21 bits per heavy atom. The minimum absolute atomic E-state index is 0.0132. The van der Waals surface area contributed by atoms with Gasteiger partial charge in [-0.05, 0) is 6.92 Å². The largest absolute Gasteiger partial charge is 0.434 e. The van der Waals surface area contributed by atoms with Crippen molar-refractivity contribution in [2.24, 2.45) is 0 Å². The molecule has 0 bridgehead atoms. The van der Waals surface area contributed by atoms with Gasteiger partial charge < -0.3 is 10.2 Å². The lowest BCUT2D eigenvalue weighted by Crippen LogP contribution is -2.59. The van der Waals surface area contributed by atoms with Crippen LogP contribution in [0, 0.1) is 0 Å². The summed E-state index contributed by atoms with van der Waals surface area (Å²) in [5.74, 6) is 0.0132. The first kappa shape index (κ1) is 14.3. The molecule has 0 spiro atoms. The molecule has 1 aromatic rings. The second-order valence-electron chi connectivity index (χ2n) is 4.58. The summed E-state index contributed by atoms with van der Waals surface area (Å²) in [7, 11) is 0. The third-order valence-corrected chi connectivity index (χ3v) is 4.02. The van der Waals surface area contributed by atoms with Crippen molar-refractivity contribution in [2.75, 3.05) is 13.1 Å². The van der Waals surface area contributed by atoms with Crippen molar-refractivity contribution in [1.29, 1.82) is 0 Å². The maximum absolute atomic E-state index is 12.4. The van der Waals surface area contributed by atoms with Gasteiger partial charge in [0.15, 0.2) is 5.69 Å². The fourth-order valence-corrected chi connectivity index (χ4v) is 2.72. The second-order valence-corrected chi connectivity index (χ2v) is 5.47. The van der Waals surface area contributed by atoms with Crippen LogP contribution in [-0.4, -0.2) is 34.9 Å². The monoisotopic (exact) mass is 293 g/mol. The van der Waals surface area contributed by atoms with Crippen molar-refractivity contribution in [3.63, 3.8) is 0 Å². The third kappa shape index (κ3) is 3.24. The average molecular weight is 293 g/mol. The molecule has 1 aliphatic heterocycles. The highest BCUT2D eigenvalue weighted by atomic mass is 32.1. The first-order chi connectivity index (χ1) is 8.77. The molecule has 2 rings (SSSR count). The number of halogens is 3. The third-order valence-electron chi connectivity index (χ3n) is 3.00. The zero-order valence-electron chi connectivity index (χ0n) is 10.5. The SMILES string of the molecule is CC(=O)N1CC(NC(C)c2nc(C(F)(F)F)cs2)C1. The number of thiazole rings is 1. The molecule has 8 heteroatoms. The molecular weight excluding hydrogens is 279 g/mol. The van der Waals surface area contributed by atoms with Crippen LogP contribution in [0.4, 0.5) is 13.2 Å². The molecule has 1 aromatic heterocycles. The molecule has 19 heavy (non-hydrogen) atoms. The fraction of sp³-hybridized carbons (Fsp3) is 0.636. The molecule has 1 fully saturated rings. The molecule has 0 radical (unpaired) electrons. The van der Waals surface area contributed by atoms with Gasteiger partial charge in [-0.3, -0.25) is 4.79 Å². The van der Waals surface area contributed by atoms with Gasteiger partial charge in [0.2, 0.25) is 5.91 Å². The van der Waals surface area contributed by atoms with Crippen molar-refractivity contribution < 1.29 is 18.0 Å². The van der Waals surface area contributed by atoms with E-state index < -0.39 is 11.9 Å². The first-order valence-corrected chi connectivity index (χ1v) is 6.69. The van der Waals surface area contributed by atoms with Gasteiger partial charge in [0.1, 0.15) is 5.01 Å². The molecule has 0 aliphatic carbocycles. The Morgan fingerprint density at radius 3 is 2.68 bits per heavy atom. The lowest BCUT2D eigenvalue weighted by molar-refractivity contribution is -0.141. The Morgan fingerprint density at radius 1 is 1.58 bits per heavy atom. The molecule has 1 unspecified atom stereocenters. The predicted molar refractivity (Wildman–Crippen MR) is 64.7 cm³/mol. The van der Waals surface area contributed by atoms with Gasteiger partial charge in [0, 0.05) is 31.4 Å². The number of carbonyl (C=O) groups excluding carboxylic acids is 1. The van der Waals surface area contributed by atoms with Crippen LogP contribution in [-0.2, 0) is 11.0 Å². The quantitative estimate of drug-likeness (QED) is 0.927. The van der Waals surface area contributed by atoms with E-state index in [0.29, 0.717) is 18.1 Å².